The van der Waals surface area contributed by atoms with Gasteiger partial charge in [-0.1, -0.05) is 84.0 Å². The third-order valence-electron chi connectivity index (χ3n) is 12.6. The molecule has 1 N–H and O–H groups in total. The minimum Gasteiger partial charge on any atom is -0.443 e. The smallest absolute Gasteiger partial charge is 0.415 e. The van der Waals surface area contributed by atoms with Gasteiger partial charge in [-0.3, -0.25) is 19.4 Å². The number of hydrogen-bond donors (Lipinski definition) is 1. The summed E-state index contributed by atoms with van der Waals surface area (Å²) in [6.07, 6.45) is -0.805. The maximum Gasteiger partial charge on any atom is 0.415 e. The van der Waals surface area contributed by atoms with Gasteiger partial charge >= 0.3 is 12.2 Å². The number of hydrogen-bond acceptors (Lipinski definition) is 7. The summed E-state index contributed by atoms with van der Waals surface area (Å²) in [5.74, 6) is 0.523. The molecule has 0 aliphatic carbocycles. The lowest BCUT2D eigenvalue weighted by Crippen LogP contribution is -2.55. The highest BCUT2D eigenvalue weighted by atomic mass is 16.6. The largest absolute Gasteiger partial charge is 0.443 e. The van der Waals surface area contributed by atoms with Gasteiger partial charge in [0.25, 0.3) is 0 Å². The van der Waals surface area contributed by atoms with Crippen LogP contribution in [0.5, 0.6) is 0 Å². The van der Waals surface area contributed by atoms with Gasteiger partial charge in [0.15, 0.2) is 11.6 Å². The van der Waals surface area contributed by atoms with Gasteiger partial charge in [0.2, 0.25) is 0 Å². The number of rotatable bonds is 0. The molecule has 3 aromatic rings. The van der Waals surface area contributed by atoms with Gasteiger partial charge in [-0.05, 0) is 129 Å². The van der Waals surface area contributed by atoms with E-state index >= 15 is 0 Å². The molecule has 3 aliphatic heterocycles. The van der Waals surface area contributed by atoms with Crippen LogP contribution in [0.2, 0.25) is 0 Å². The Balaban J connectivity index is 0.000000196. The first-order valence-electron chi connectivity index (χ1n) is 20.7. The first kappa shape index (κ1) is 46.0. The van der Waals surface area contributed by atoms with Crippen molar-refractivity contribution in [2.45, 2.75) is 160 Å². The van der Waals surface area contributed by atoms with Crippen molar-refractivity contribution in [1.29, 1.82) is 0 Å². The minimum atomic E-state index is -0.655. The third kappa shape index (κ3) is 9.14. The predicted octanol–water partition coefficient (Wildman–Crippen LogP) is 12.2. The Morgan fingerprint density at radius 2 is 1.10 bits per heavy atom. The zero-order chi connectivity index (χ0) is 44.0. The van der Waals surface area contributed by atoms with Gasteiger partial charge in [0.1, 0.15) is 11.2 Å². The molecular formula is C49H69N3O6. The molecule has 0 aromatic heterocycles. The lowest BCUT2D eigenvalue weighted by molar-refractivity contribution is 0.0515. The number of anilines is 3. The van der Waals surface area contributed by atoms with Crippen LogP contribution >= 0.6 is 0 Å². The Morgan fingerprint density at radius 3 is 1.62 bits per heavy atom. The van der Waals surface area contributed by atoms with Crippen LogP contribution in [-0.4, -0.2) is 53.1 Å². The van der Waals surface area contributed by atoms with E-state index in [1.807, 2.05) is 114 Å². The fraction of sp³-hybridized carbons (Fsp3) is 0.551. The molecule has 0 saturated heterocycles. The Kier molecular flexibility index (Phi) is 13.1. The molecule has 0 fully saturated rings. The monoisotopic (exact) mass is 796 g/mol. The number of ether oxygens (including phenoxy) is 2. The summed E-state index contributed by atoms with van der Waals surface area (Å²) >= 11 is 0. The van der Waals surface area contributed by atoms with E-state index < -0.39 is 28.8 Å². The first-order valence-corrected chi connectivity index (χ1v) is 20.7. The van der Waals surface area contributed by atoms with E-state index in [4.69, 9.17) is 9.47 Å². The molecule has 9 heteroatoms. The molecule has 2 amide bonds. The van der Waals surface area contributed by atoms with Crippen molar-refractivity contribution < 1.29 is 28.7 Å². The van der Waals surface area contributed by atoms with E-state index in [2.05, 4.69) is 58.1 Å². The summed E-state index contributed by atoms with van der Waals surface area (Å²) in [4.78, 5) is 53.8. The highest BCUT2D eigenvalue weighted by Crippen LogP contribution is 2.47. The maximum atomic E-state index is 12.8. The summed E-state index contributed by atoms with van der Waals surface area (Å²) in [5.41, 5.74) is 7.08. The Hall–Kier alpha value is -4.66. The predicted molar refractivity (Wildman–Crippen MR) is 237 cm³/mol. The number of nitrogens with zero attached hydrogens (tertiary/aromatic N) is 2. The number of amides is 2. The molecule has 316 valence electrons. The molecule has 3 aromatic carbocycles. The van der Waals surface area contributed by atoms with Crippen LogP contribution in [-0.2, 0) is 9.47 Å². The van der Waals surface area contributed by atoms with Crippen LogP contribution in [0.1, 0.15) is 153 Å². The van der Waals surface area contributed by atoms with Crippen molar-refractivity contribution in [1.82, 2.24) is 0 Å². The van der Waals surface area contributed by atoms with Gasteiger partial charge in [0, 0.05) is 46.3 Å². The van der Waals surface area contributed by atoms with Gasteiger partial charge in [-0.15, -0.1) is 0 Å². The number of para-hydroxylation sites is 3. The summed E-state index contributed by atoms with van der Waals surface area (Å²) in [7, 11) is 0. The third-order valence-corrected chi connectivity index (χ3v) is 12.6. The summed E-state index contributed by atoms with van der Waals surface area (Å²) in [6, 6.07) is 17.7. The average Bonchev–Trinajstić information content (AvgIpc) is 3.10. The van der Waals surface area contributed by atoms with E-state index in [1.54, 1.807) is 21.9 Å². The number of carbonyl (C=O) groups excluding carboxylic acids is 4. The van der Waals surface area contributed by atoms with Crippen LogP contribution in [0, 0.1) is 37.5 Å². The Bertz CT molecular complexity index is 2050. The van der Waals surface area contributed by atoms with Crippen molar-refractivity contribution in [3.8, 4) is 0 Å². The number of nitrogens with one attached hydrogen (secondary N) is 1. The Labute approximate surface area is 348 Å². The number of Topliss-reactive ketones (excluding diaryl/α,β-unsaturated/α-hetero) is 2. The van der Waals surface area contributed by atoms with Crippen molar-refractivity contribution in [3.05, 3.63) is 88.0 Å². The molecule has 58 heavy (non-hydrogen) atoms. The van der Waals surface area contributed by atoms with Crippen LogP contribution in [0.25, 0.3) is 0 Å². The van der Waals surface area contributed by atoms with E-state index in [9.17, 15) is 19.2 Å². The molecule has 5 atom stereocenters. The summed E-state index contributed by atoms with van der Waals surface area (Å²) in [6.45, 7) is 35.8. The summed E-state index contributed by atoms with van der Waals surface area (Å²) in [5, 5.41) is 3.65. The molecule has 3 heterocycles. The molecule has 3 aliphatic rings. The van der Waals surface area contributed by atoms with Crippen LogP contribution in [0.3, 0.4) is 0 Å². The van der Waals surface area contributed by atoms with E-state index in [0.717, 1.165) is 11.1 Å². The second kappa shape index (κ2) is 16.5. The standard InChI is InChI=1S/C18H25NO3.C17H23NO3.C14H21N/c1-11-9-8-10-13-14(11)19(16(21)22-17(3,4)5)12(2)18(6,7)15(13)20;1-10-8-7-9-13-14(10)18(12(3)11(2)15(13)19)16(20)21-17(4,5)6;1-9-7-6-8-12-10(2)14(4,5)11(3)15-13(9)12/h8-10,12H,1-7H3;7-9,11-12H,1-6H3;6-8,10-11,15H,1-5H3. The van der Waals surface area contributed by atoms with Crippen molar-refractivity contribution in [2.24, 2.45) is 16.7 Å². The van der Waals surface area contributed by atoms with Gasteiger partial charge in [-0.25, -0.2) is 9.59 Å². The minimum absolute atomic E-state index is 0.0681. The van der Waals surface area contributed by atoms with Crippen LogP contribution in [0.4, 0.5) is 26.7 Å². The van der Waals surface area contributed by atoms with Gasteiger partial charge < -0.3 is 14.8 Å². The van der Waals surface area contributed by atoms with Crippen molar-refractivity contribution >= 4 is 40.8 Å². The van der Waals surface area contributed by atoms with Crippen LogP contribution < -0.4 is 15.1 Å². The summed E-state index contributed by atoms with van der Waals surface area (Å²) < 4.78 is 11.1. The Morgan fingerprint density at radius 1 is 0.655 bits per heavy atom. The second-order valence-electron chi connectivity index (χ2n) is 19.7. The fourth-order valence-electron chi connectivity index (χ4n) is 7.84. The number of carbonyl (C=O) groups is 4. The van der Waals surface area contributed by atoms with Crippen molar-refractivity contribution in [3.63, 3.8) is 0 Å². The lowest BCUT2D eigenvalue weighted by atomic mass is 9.68. The second-order valence-corrected chi connectivity index (χ2v) is 19.7. The molecule has 0 saturated carbocycles. The molecule has 6 rings (SSSR count). The molecular weight excluding hydrogens is 727 g/mol. The highest BCUT2D eigenvalue weighted by Gasteiger charge is 2.48. The molecule has 9 nitrogen and oxygen atoms in total. The number of aryl methyl sites for hydroxylation is 3. The average molecular weight is 796 g/mol. The van der Waals surface area contributed by atoms with E-state index in [0.29, 0.717) is 39.9 Å². The van der Waals surface area contributed by atoms with Crippen LogP contribution in [0.15, 0.2) is 54.6 Å². The highest BCUT2D eigenvalue weighted by molar-refractivity contribution is 6.12. The van der Waals surface area contributed by atoms with Gasteiger partial charge in [0.05, 0.1) is 11.4 Å². The topological polar surface area (TPSA) is 105 Å². The SMILES string of the molecule is Cc1cccc2c1N(C(=O)OC(C)(C)C)C(C)C(C)(C)C2=O.Cc1cccc2c1N(C(=O)OC(C)(C)C)C(C)C(C)C2=O.Cc1cccc2c1NC(C)C(C)(C)C2C. The first-order chi connectivity index (χ1) is 26.5. The quantitative estimate of drug-likeness (QED) is 0.241. The fourth-order valence-corrected chi connectivity index (χ4v) is 7.84. The van der Waals surface area contributed by atoms with E-state index in [-0.39, 0.29) is 29.6 Å². The molecule has 0 spiro atoms. The normalized spacial score (nSPS) is 23.0. The zero-order valence-electron chi connectivity index (χ0n) is 38.4. The molecule has 0 bridgehead atoms. The molecule has 5 unspecified atom stereocenters. The van der Waals surface area contributed by atoms with E-state index in [1.165, 1.54) is 16.8 Å². The molecule has 0 radical (unpaired) electrons. The number of benzene rings is 3. The number of fused-ring (bicyclic) bond motifs is 3. The van der Waals surface area contributed by atoms with Gasteiger partial charge in [-0.2, -0.15) is 0 Å². The zero-order valence-corrected chi connectivity index (χ0v) is 38.4. The van der Waals surface area contributed by atoms with Crippen molar-refractivity contribution in [2.75, 3.05) is 15.1 Å². The lowest BCUT2D eigenvalue weighted by Gasteiger charge is -2.44. The number of ketones is 2. The maximum absolute atomic E-state index is 12.8.